The quantitative estimate of drug-likeness (QED) is 0.236. The van der Waals surface area contributed by atoms with Crippen LogP contribution in [-0.4, -0.2) is 44.8 Å². The summed E-state index contributed by atoms with van der Waals surface area (Å²) in [5.74, 6) is 1.94. The Bertz CT molecular complexity index is 560. The Balaban J connectivity index is 1.66. The van der Waals surface area contributed by atoms with E-state index >= 15 is 0 Å². The molecule has 2 fully saturated rings. The van der Waals surface area contributed by atoms with Crippen LogP contribution in [0.5, 0.6) is 0 Å². The van der Waals surface area contributed by atoms with Crippen LogP contribution in [0.1, 0.15) is 64.2 Å². The summed E-state index contributed by atoms with van der Waals surface area (Å²) in [6.45, 7) is 4.76. The van der Waals surface area contributed by atoms with Gasteiger partial charge in [-0.3, -0.25) is 0 Å². The fourth-order valence-corrected chi connectivity index (χ4v) is 10.6. The van der Waals surface area contributed by atoms with E-state index in [1.807, 2.05) is 6.08 Å². The van der Waals surface area contributed by atoms with Crippen LogP contribution in [0.15, 0.2) is 17.6 Å². The second kappa shape index (κ2) is 9.72. The van der Waals surface area contributed by atoms with Crippen molar-refractivity contribution in [3.8, 4) is 0 Å². The molecule has 2 atom stereocenters. The number of amides is 1. The van der Waals surface area contributed by atoms with E-state index in [2.05, 4.69) is 10.1 Å². The minimum absolute atomic E-state index is 0.140. The van der Waals surface area contributed by atoms with Gasteiger partial charge in [-0.25, -0.2) is 0 Å². The van der Waals surface area contributed by atoms with Crippen molar-refractivity contribution in [1.82, 2.24) is 8.43 Å². The zero-order valence-electron chi connectivity index (χ0n) is 16.9. The van der Waals surface area contributed by atoms with Crippen LogP contribution in [0.3, 0.4) is 0 Å². The van der Waals surface area contributed by atoms with Gasteiger partial charge in [-0.05, 0) is 0 Å². The molecule has 3 aliphatic rings. The Labute approximate surface area is 172 Å². The molecule has 0 aromatic rings. The number of nitrogens with zero attached hydrogens (tertiary/aromatic N) is 2. The molecule has 6 heteroatoms. The molecule has 1 saturated heterocycles. The number of aliphatic imine (C=N–C) groups is 1. The number of nitrogens with two attached hydrogens (primary N) is 1. The molecule has 154 valence electrons. The molecular weight excluding hydrogens is 451 g/mol. The summed E-state index contributed by atoms with van der Waals surface area (Å²) in [6.07, 6.45) is 14.1. The molecule has 27 heavy (non-hydrogen) atoms. The third kappa shape index (κ3) is 5.25. The molecule has 0 radical (unpaired) electrons. The van der Waals surface area contributed by atoms with Gasteiger partial charge in [0, 0.05) is 0 Å². The molecule has 3 N–H and O–H groups in total. The zero-order chi connectivity index (χ0) is 19.3. The van der Waals surface area contributed by atoms with Crippen molar-refractivity contribution in [3.63, 3.8) is 0 Å². The maximum atomic E-state index is 13.2. The summed E-state index contributed by atoms with van der Waals surface area (Å²) >= 11 is -1.10. The molecule has 1 saturated carbocycles. The third-order valence-corrected chi connectivity index (χ3v) is 12.4. The summed E-state index contributed by atoms with van der Waals surface area (Å²) in [6, 6.07) is 0. The van der Waals surface area contributed by atoms with E-state index in [4.69, 9.17) is 10.7 Å². The van der Waals surface area contributed by atoms with Gasteiger partial charge in [0.25, 0.3) is 0 Å². The minimum atomic E-state index is -1.10. The molecule has 0 aromatic heterocycles. The van der Waals surface area contributed by atoms with Gasteiger partial charge in [0.2, 0.25) is 0 Å². The Morgan fingerprint density at radius 2 is 2.04 bits per heavy atom. The van der Waals surface area contributed by atoms with Crippen molar-refractivity contribution in [2.75, 3.05) is 22.4 Å². The first-order valence-corrected chi connectivity index (χ1v) is 14.8. The average molecular weight is 488 g/mol. The van der Waals surface area contributed by atoms with E-state index in [1.54, 1.807) is 11.9 Å². The normalized spacial score (nSPS) is 31.2. The Morgan fingerprint density at radius 1 is 1.30 bits per heavy atom. The van der Waals surface area contributed by atoms with E-state index in [-0.39, 0.29) is 5.91 Å². The zero-order valence-corrected chi connectivity index (χ0v) is 19.0. The number of carbonyl (C=O) groups excluding carboxylic acids is 1. The van der Waals surface area contributed by atoms with Crippen molar-refractivity contribution in [3.05, 3.63) is 12.7 Å². The second-order valence-electron chi connectivity index (χ2n) is 8.55. The topological polar surface area (TPSA) is 70.7 Å². The van der Waals surface area contributed by atoms with Gasteiger partial charge >= 0.3 is 173 Å². The molecular formula is C21H37IN4O. The van der Waals surface area contributed by atoms with Crippen LogP contribution in [0.4, 0.5) is 0 Å². The molecule has 2 heterocycles. The monoisotopic (exact) mass is 488 g/mol. The summed E-state index contributed by atoms with van der Waals surface area (Å²) in [7, 11) is 1.79. The Hall–Kier alpha value is -0.630. The fraction of sp³-hybridized carbons (Fsp3) is 0.810. The number of alkyl halides is 2. The van der Waals surface area contributed by atoms with Crippen molar-refractivity contribution in [2.24, 2.45) is 22.6 Å². The fourth-order valence-electron chi connectivity index (χ4n) is 4.94. The summed E-state index contributed by atoms with van der Waals surface area (Å²) < 4.78 is 6.40. The first-order valence-electron chi connectivity index (χ1n) is 10.6. The number of likely N-dealkylation sites (N-methyl/N-ethyl adjacent to an activating group) is 1. The second-order valence-corrected chi connectivity index (χ2v) is 13.9. The van der Waals surface area contributed by atoms with Gasteiger partial charge in [0.1, 0.15) is 0 Å². The van der Waals surface area contributed by atoms with Crippen LogP contribution in [0, 0.1) is 11.8 Å². The molecule has 5 nitrogen and oxygen atoms in total. The number of hydrogen-bond acceptors (Lipinski definition) is 4. The van der Waals surface area contributed by atoms with E-state index < -0.39 is 25.6 Å². The molecule has 1 amide bonds. The Morgan fingerprint density at radius 3 is 2.70 bits per heavy atom. The van der Waals surface area contributed by atoms with Gasteiger partial charge in [-0.1, -0.05) is 0 Å². The van der Waals surface area contributed by atoms with Crippen LogP contribution in [0.25, 0.3) is 0 Å². The molecule has 0 spiro atoms. The van der Waals surface area contributed by atoms with Crippen molar-refractivity contribution in [1.29, 1.82) is 0 Å². The summed E-state index contributed by atoms with van der Waals surface area (Å²) in [4.78, 5) is 19.5. The molecule has 0 aromatic carbocycles. The van der Waals surface area contributed by atoms with Crippen molar-refractivity contribution in [2.45, 2.75) is 69.7 Å². The molecule has 3 rings (SSSR count). The summed E-state index contributed by atoms with van der Waals surface area (Å²) in [5, 5.41) is 0. The number of halogens is 1. The molecule has 2 aliphatic heterocycles. The van der Waals surface area contributed by atoms with E-state index in [9.17, 15) is 4.79 Å². The number of nitrogens with one attached hydrogen (secondary N) is 1. The van der Waals surface area contributed by atoms with E-state index in [0.29, 0.717) is 11.9 Å². The van der Waals surface area contributed by atoms with Gasteiger partial charge in [-0.2, -0.15) is 0 Å². The van der Waals surface area contributed by atoms with Gasteiger partial charge in [0.15, 0.2) is 0 Å². The molecule has 0 bridgehead atoms. The van der Waals surface area contributed by atoms with Crippen LogP contribution >= 0.6 is 20.1 Å². The number of hydrogen-bond donors (Lipinski definition) is 2. The Kier molecular flexibility index (Phi) is 7.59. The third-order valence-electron chi connectivity index (χ3n) is 6.48. The first-order chi connectivity index (χ1) is 13.0. The standard InChI is InChI=1S/C21H37IN4O/c1-3-14-24-22-13-7-10-18(16-22)15-21(19(27)26(2)20(23)25-21)12-11-17-8-5-4-6-9-17/h3,17-18,24H,1,4-16H2,2H3,(H2,23,25)/t18-,21+/m0/s1. The van der Waals surface area contributed by atoms with E-state index in [0.717, 1.165) is 31.7 Å². The van der Waals surface area contributed by atoms with Gasteiger partial charge < -0.3 is 0 Å². The van der Waals surface area contributed by atoms with Crippen LogP contribution in [-0.2, 0) is 4.79 Å². The first kappa shape index (κ1) is 21.1. The van der Waals surface area contributed by atoms with Crippen LogP contribution < -0.4 is 9.26 Å². The summed E-state index contributed by atoms with van der Waals surface area (Å²) in [5.41, 5.74) is 5.51. The van der Waals surface area contributed by atoms with Crippen LogP contribution in [0.2, 0.25) is 0 Å². The van der Waals surface area contributed by atoms with E-state index in [1.165, 1.54) is 53.8 Å². The predicted octanol–water partition coefficient (Wildman–Crippen LogP) is 3.87. The maximum absolute atomic E-state index is 13.2. The number of carbonyl (C=O) groups is 1. The van der Waals surface area contributed by atoms with Crippen molar-refractivity contribution >= 4 is 32.0 Å². The predicted molar refractivity (Wildman–Crippen MR) is 122 cm³/mol. The molecule has 1 aliphatic carbocycles. The number of guanidine groups is 1. The van der Waals surface area contributed by atoms with Gasteiger partial charge in [-0.15, -0.1) is 0 Å². The SMILES string of the molecule is C=CCNI1CCC[C@@H](C[C@@]2(CCC3CCCCC3)N=C(N)N(C)C2=O)C1. The number of rotatable bonds is 8. The molecule has 0 unspecified atom stereocenters. The average Bonchev–Trinajstić information content (AvgIpc) is 2.90. The van der Waals surface area contributed by atoms with Gasteiger partial charge in [0.05, 0.1) is 0 Å². The van der Waals surface area contributed by atoms with Crippen molar-refractivity contribution < 1.29 is 4.79 Å².